The molecule has 1 aromatic carbocycles. The molecule has 0 radical (unpaired) electrons. The van der Waals surface area contributed by atoms with Gasteiger partial charge in [-0.3, -0.25) is 4.79 Å². The molecule has 5 aromatic rings. The van der Waals surface area contributed by atoms with Gasteiger partial charge < -0.3 is 9.84 Å². The minimum atomic E-state index is -0.414. The molecule has 0 atom stereocenters. The second-order valence-corrected chi connectivity index (χ2v) is 6.17. The van der Waals surface area contributed by atoms with Crippen LogP contribution in [0.15, 0.2) is 58.0 Å². The fraction of sp³-hybridized carbons (Fsp3) is 0.105. The van der Waals surface area contributed by atoms with Gasteiger partial charge in [0.1, 0.15) is 5.69 Å². The first-order valence-electron chi connectivity index (χ1n) is 8.94. The number of fused-ring (bicyclic) bond motifs is 3. The Labute approximate surface area is 163 Å². The number of benzene rings is 1. The molecule has 4 aromatic heterocycles. The summed E-state index contributed by atoms with van der Waals surface area (Å²) in [6.45, 7) is 1.93. The molecule has 1 N–H and O–H groups in total. The van der Waals surface area contributed by atoms with Gasteiger partial charge in [0.2, 0.25) is 11.8 Å². The van der Waals surface area contributed by atoms with Crippen LogP contribution in [0.5, 0.6) is 0 Å². The molecule has 0 aliphatic carbocycles. The normalized spacial score (nSPS) is 11.2. The Bertz CT molecular complexity index is 1410. The lowest BCUT2D eigenvalue weighted by Crippen LogP contribution is -2.11. The maximum Gasteiger partial charge on any atom is 0.297 e. The molecule has 0 spiro atoms. The Morgan fingerprint density at radius 2 is 1.93 bits per heavy atom. The van der Waals surface area contributed by atoms with Gasteiger partial charge in [-0.1, -0.05) is 30.3 Å². The first kappa shape index (κ1) is 16.9. The molecule has 0 unspecified atom stereocenters. The van der Waals surface area contributed by atoms with Crippen molar-refractivity contribution in [1.29, 1.82) is 0 Å². The molecule has 0 amide bonds. The molecule has 4 heterocycles. The second kappa shape index (κ2) is 6.75. The third-order valence-corrected chi connectivity index (χ3v) is 4.28. The van der Waals surface area contributed by atoms with Crippen molar-refractivity contribution < 1.29 is 4.52 Å². The highest BCUT2D eigenvalue weighted by molar-refractivity contribution is 5.93. The van der Waals surface area contributed by atoms with E-state index >= 15 is 0 Å². The molecule has 0 saturated heterocycles. The molecule has 5 rings (SSSR count). The third-order valence-electron chi connectivity index (χ3n) is 4.28. The van der Waals surface area contributed by atoms with E-state index in [2.05, 4.69) is 35.5 Å². The largest absolute Gasteiger partial charge is 0.330 e. The molecule has 0 fully saturated rings. The number of anilines is 2. The summed E-state index contributed by atoms with van der Waals surface area (Å²) in [6, 6.07) is 12.5. The van der Waals surface area contributed by atoms with Gasteiger partial charge in [-0.05, 0) is 24.3 Å². The molecule has 10 nitrogen and oxygen atoms in total. The van der Waals surface area contributed by atoms with Crippen LogP contribution in [0.25, 0.3) is 28.3 Å². The van der Waals surface area contributed by atoms with Crippen LogP contribution in [0.2, 0.25) is 0 Å². The van der Waals surface area contributed by atoms with Gasteiger partial charge in [0.15, 0.2) is 11.5 Å². The summed E-state index contributed by atoms with van der Waals surface area (Å²) in [4.78, 5) is 29.5. The van der Waals surface area contributed by atoms with E-state index in [-0.39, 0.29) is 17.4 Å². The monoisotopic (exact) mass is 386 g/mol. The summed E-state index contributed by atoms with van der Waals surface area (Å²) in [7, 11) is 0. The fourth-order valence-electron chi connectivity index (χ4n) is 2.88. The molecule has 142 valence electrons. The topological polar surface area (TPSA) is 124 Å². The van der Waals surface area contributed by atoms with Crippen molar-refractivity contribution in [2.45, 2.75) is 13.3 Å². The zero-order valence-electron chi connectivity index (χ0n) is 15.3. The van der Waals surface area contributed by atoms with Crippen molar-refractivity contribution in [3.05, 3.63) is 64.8 Å². The molecule has 0 aliphatic heterocycles. The van der Waals surface area contributed by atoms with Crippen LogP contribution in [-0.2, 0) is 6.42 Å². The second-order valence-electron chi connectivity index (χ2n) is 6.17. The number of aryl methyl sites for hydroxylation is 1. The van der Waals surface area contributed by atoms with Gasteiger partial charge >= 0.3 is 0 Å². The maximum atomic E-state index is 12.2. The smallest absolute Gasteiger partial charge is 0.297 e. The SMILES string of the molecule is CCc1noc(-c2nc3c4ccccc4nc(Nc4ccccnc4=O)n3n2)n1. The molecule has 0 bridgehead atoms. The Kier molecular flexibility index (Phi) is 3.94. The van der Waals surface area contributed by atoms with E-state index in [9.17, 15) is 4.79 Å². The van der Waals surface area contributed by atoms with Gasteiger partial charge in [0.05, 0.1) is 5.52 Å². The Morgan fingerprint density at radius 3 is 2.79 bits per heavy atom. The molecule has 29 heavy (non-hydrogen) atoms. The van der Waals surface area contributed by atoms with E-state index in [1.165, 1.54) is 10.7 Å². The van der Waals surface area contributed by atoms with Crippen molar-refractivity contribution in [3.63, 3.8) is 0 Å². The number of nitrogens with zero attached hydrogens (tertiary/aromatic N) is 7. The first-order chi connectivity index (χ1) is 14.2. The van der Waals surface area contributed by atoms with Crippen molar-refractivity contribution in [3.8, 4) is 11.7 Å². The summed E-state index contributed by atoms with van der Waals surface area (Å²) in [5.41, 5.74) is 1.09. The van der Waals surface area contributed by atoms with Gasteiger partial charge in [0, 0.05) is 18.0 Å². The van der Waals surface area contributed by atoms with Crippen LogP contribution in [0, 0.1) is 0 Å². The van der Waals surface area contributed by atoms with Crippen molar-refractivity contribution in [2.24, 2.45) is 0 Å². The molecular weight excluding hydrogens is 372 g/mol. The van der Waals surface area contributed by atoms with E-state index in [4.69, 9.17) is 4.52 Å². The van der Waals surface area contributed by atoms with Crippen LogP contribution in [0.1, 0.15) is 12.7 Å². The summed E-state index contributed by atoms with van der Waals surface area (Å²) in [6.07, 6.45) is 2.07. The van der Waals surface area contributed by atoms with E-state index in [1.807, 2.05) is 31.2 Å². The number of rotatable bonds is 4. The summed E-state index contributed by atoms with van der Waals surface area (Å²) in [5.74, 6) is 1.38. The standard InChI is InChI=1S/C19H14N8O2/c1-2-14-23-18(29-26-14)15-24-16-11-7-3-4-8-12(11)21-19(27(16)25-15)22-13-9-5-6-10-20-17(13)28/h3-10H,2H2,1H3,(H,20,21,22,28). The van der Waals surface area contributed by atoms with Crippen molar-refractivity contribution in [2.75, 3.05) is 5.32 Å². The average Bonchev–Trinajstić information content (AvgIpc) is 3.35. The number of para-hydroxylation sites is 1. The Balaban J connectivity index is 1.74. The highest BCUT2D eigenvalue weighted by Gasteiger charge is 2.18. The van der Waals surface area contributed by atoms with Crippen molar-refractivity contribution in [1.82, 2.24) is 34.7 Å². The molecule has 0 aliphatic rings. The lowest BCUT2D eigenvalue weighted by molar-refractivity contribution is 0.420. The molecular formula is C19H14N8O2. The Morgan fingerprint density at radius 1 is 1.07 bits per heavy atom. The zero-order chi connectivity index (χ0) is 19.8. The highest BCUT2D eigenvalue weighted by Crippen LogP contribution is 2.24. The maximum absolute atomic E-state index is 12.2. The zero-order valence-corrected chi connectivity index (χ0v) is 15.3. The molecule has 0 saturated carbocycles. The van der Waals surface area contributed by atoms with Gasteiger partial charge in [-0.25, -0.2) is 15.0 Å². The van der Waals surface area contributed by atoms with E-state index < -0.39 is 5.56 Å². The van der Waals surface area contributed by atoms with E-state index in [0.29, 0.717) is 29.4 Å². The summed E-state index contributed by atoms with van der Waals surface area (Å²) >= 11 is 0. The van der Waals surface area contributed by atoms with Crippen LogP contribution in [0.4, 0.5) is 11.6 Å². The number of hydrogen-bond donors (Lipinski definition) is 1. The van der Waals surface area contributed by atoms with E-state index in [1.54, 1.807) is 18.2 Å². The third kappa shape index (κ3) is 2.96. The number of hydrogen-bond acceptors (Lipinski definition) is 9. The molecule has 10 heteroatoms. The van der Waals surface area contributed by atoms with Gasteiger partial charge in [0.25, 0.3) is 11.4 Å². The minimum Gasteiger partial charge on any atom is -0.330 e. The lowest BCUT2D eigenvalue weighted by atomic mass is 10.2. The predicted octanol–water partition coefficient (Wildman–Crippen LogP) is 2.39. The van der Waals surface area contributed by atoms with Crippen LogP contribution in [-0.4, -0.2) is 34.7 Å². The van der Waals surface area contributed by atoms with Gasteiger partial charge in [-0.2, -0.15) is 9.50 Å². The average molecular weight is 386 g/mol. The highest BCUT2D eigenvalue weighted by atomic mass is 16.5. The number of nitrogens with one attached hydrogen (secondary N) is 1. The first-order valence-corrected chi connectivity index (χ1v) is 8.94. The van der Waals surface area contributed by atoms with Gasteiger partial charge in [-0.15, -0.1) is 5.10 Å². The number of aromatic nitrogens is 7. The summed E-state index contributed by atoms with van der Waals surface area (Å²) in [5, 5.41) is 12.2. The van der Waals surface area contributed by atoms with E-state index in [0.717, 1.165) is 5.39 Å². The van der Waals surface area contributed by atoms with Crippen LogP contribution in [0.3, 0.4) is 0 Å². The van der Waals surface area contributed by atoms with Crippen molar-refractivity contribution >= 4 is 28.2 Å². The predicted molar refractivity (Wildman–Crippen MR) is 105 cm³/mol. The van der Waals surface area contributed by atoms with Crippen LogP contribution < -0.4 is 10.9 Å². The summed E-state index contributed by atoms with van der Waals surface area (Å²) < 4.78 is 6.79. The lowest BCUT2D eigenvalue weighted by Gasteiger charge is -2.07. The Hall–Kier alpha value is -4.21. The minimum absolute atomic E-state index is 0.220. The van der Waals surface area contributed by atoms with Crippen LogP contribution >= 0.6 is 0 Å². The fourth-order valence-corrected chi connectivity index (χ4v) is 2.88. The quantitative estimate of drug-likeness (QED) is 0.495.